The first-order valence-corrected chi connectivity index (χ1v) is 11.5. The highest BCUT2D eigenvalue weighted by Crippen LogP contribution is 2.33. The minimum absolute atomic E-state index is 0.0815. The molecule has 2 heterocycles. The number of nitrogens with one attached hydrogen (secondary N) is 1. The van der Waals surface area contributed by atoms with Crippen LogP contribution in [-0.4, -0.2) is 25.0 Å². The summed E-state index contributed by atoms with van der Waals surface area (Å²) in [5.74, 6) is -3.44. The molecule has 34 heavy (non-hydrogen) atoms. The van der Waals surface area contributed by atoms with Crippen molar-refractivity contribution in [3.63, 3.8) is 0 Å². The standard InChI is InChI=1S/C25H19F2N5OS/c26-25(27,19-12-5-2-6-13-19)24-28-22-21(23(33)29-24)30-31-32(22)15-18-11-7-8-14-20(18)34-16-17-9-3-1-4-10-17/h1-14H,15-16H2,(H,28,29,33). The molecule has 0 atom stereocenters. The third kappa shape index (κ3) is 4.34. The van der Waals surface area contributed by atoms with Gasteiger partial charge in [-0.1, -0.05) is 84.1 Å². The van der Waals surface area contributed by atoms with Gasteiger partial charge in [0.2, 0.25) is 0 Å². The largest absolute Gasteiger partial charge is 0.330 e. The fourth-order valence-electron chi connectivity index (χ4n) is 3.59. The van der Waals surface area contributed by atoms with Crippen molar-refractivity contribution in [2.45, 2.75) is 23.1 Å². The highest BCUT2D eigenvalue weighted by Gasteiger charge is 2.37. The van der Waals surface area contributed by atoms with Gasteiger partial charge in [-0.2, -0.15) is 13.8 Å². The predicted molar refractivity (Wildman–Crippen MR) is 127 cm³/mol. The van der Waals surface area contributed by atoms with E-state index in [1.807, 2.05) is 42.5 Å². The molecule has 2 aromatic heterocycles. The molecule has 5 aromatic rings. The third-order valence-electron chi connectivity index (χ3n) is 5.35. The Labute approximate surface area is 197 Å². The molecule has 0 spiro atoms. The van der Waals surface area contributed by atoms with E-state index in [0.717, 1.165) is 16.2 Å². The van der Waals surface area contributed by atoms with Gasteiger partial charge < -0.3 is 4.98 Å². The number of rotatable bonds is 7. The van der Waals surface area contributed by atoms with Crippen molar-refractivity contribution in [3.8, 4) is 0 Å². The number of hydrogen-bond donors (Lipinski definition) is 1. The number of hydrogen-bond acceptors (Lipinski definition) is 5. The van der Waals surface area contributed by atoms with Crippen LogP contribution in [0.15, 0.2) is 94.6 Å². The Kier molecular flexibility index (Phi) is 5.93. The van der Waals surface area contributed by atoms with E-state index in [9.17, 15) is 4.79 Å². The van der Waals surface area contributed by atoms with Crippen molar-refractivity contribution in [2.24, 2.45) is 0 Å². The van der Waals surface area contributed by atoms with Gasteiger partial charge in [-0.25, -0.2) is 4.68 Å². The minimum Gasteiger partial charge on any atom is -0.321 e. The highest BCUT2D eigenvalue weighted by atomic mass is 32.2. The topological polar surface area (TPSA) is 76.5 Å². The van der Waals surface area contributed by atoms with E-state index in [0.29, 0.717) is 0 Å². The Balaban J connectivity index is 1.48. The van der Waals surface area contributed by atoms with E-state index in [1.165, 1.54) is 34.5 Å². The van der Waals surface area contributed by atoms with Crippen LogP contribution >= 0.6 is 11.8 Å². The molecule has 0 fully saturated rings. The number of H-pyrrole nitrogens is 1. The summed E-state index contributed by atoms with van der Waals surface area (Å²) in [6, 6.07) is 25.1. The summed E-state index contributed by atoms with van der Waals surface area (Å²) in [6.45, 7) is 0.255. The van der Waals surface area contributed by atoms with Gasteiger partial charge in [-0.3, -0.25) is 4.79 Å². The lowest BCUT2D eigenvalue weighted by Gasteiger charge is -2.16. The van der Waals surface area contributed by atoms with Gasteiger partial charge >= 0.3 is 11.5 Å². The third-order valence-corrected chi connectivity index (χ3v) is 6.54. The molecular weight excluding hydrogens is 456 g/mol. The van der Waals surface area contributed by atoms with Crippen LogP contribution in [0.4, 0.5) is 8.78 Å². The summed E-state index contributed by atoms with van der Waals surface area (Å²) < 4.78 is 31.6. The summed E-state index contributed by atoms with van der Waals surface area (Å²) in [7, 11) is 0. The van der Waals surface area contributed by atoms with Crippen molar-refractivity contribution in [2.75, 3.05) is 0 Å². The fraction of sp³-hybridized carbons (Fsp3) is 0.120. The van der Waals surface area contributed by atoms with Crippen molar-refractivity contribution >= 4 is 22.9 Å². The van der Waals surface area contributed by atoms with E-state index in [2.05, 4.69) is 32.4 Å². The lowest BCUT2D eigenvalue weighted by molar-refractivity contribution is 0.0329. The Morgan fingerprint density at radius 1 is 0.912 bits per heavy atom. The smallest absolute Gasteiger partial charge is 0.321 e. The molecule has 0 bridgehead atoms. The van der Waals surface area contributed by atoms with Crippen LogP contribution in [-0.2, 0) is 18.2 Å². The molecule has 0 unspecified atom stereocenters. The number of fused-ring (bicyclic) bond motifs is 1. The molecule has 5 rings (SSSR count). The van der Waals surface area contributed by atoms with Crippen LogP contribution in [0.3, 0.4) is 0 Å². The number of aromatic amines is 1. The Hall–Kier alpha value is -3.85. The van der Waals surface area contributed by atoms with E-state index in [1.54, 1.807) is 17.8 Å². The summed E-state index contributed by atoms with van der Waals surface area (Å²) in [6.07, 6.45) is 0. The van der Waals surface area contributed by atoms with Gasteiger partial charge in [0.25, 0.3) is 0 Å². The number of halogens is 2. The quantitative estimate of drug-likeness (QED) is 0.336. The SMILES string of the molecule is O=c1nc(C(F)(F)c2ccccc2)[nH]c2c1nnn2Cc1ccccc1SCc1ccccc1. The second kappa shape index (κ2) is 9.18. The second-order valence-corrected chi connectivity index (χ2v) is 8.67. The normalized spacial score (nSPS) is 11.7. The molecule has 0 aliphatic carbocycles. The number of alkyl halides is 2. The van der Waals surface area contributed by atoms with E-state index < -0.39 is 17.3 Å². The molecule has 3 aromatic carbocycles. The van der Waals surface area contributed by atoms with E-state index in [-0.39, 0.29) is 23.3 Å². The number of benzene rings is 3. The van der Waals surface area contributed by atoms with Gasteiger partial charge in [0.15, 0.2) is 17.0 Å². The van der Waals surface area contributed by atoms with Crippen LogP contribution in [0, 0.1) is 0 Å². The van der Waals surface area contributed by atoms with Crippen molar-refractivity contribution in [1.29, 1.82) is 0 Å². The first-order valence-electron chi connectivity index (χ1n) is 10.5. The number of thioether (sulfide) groups is 1. The van der Waals surface area contributed by atoms with Gasteiger partial charge in [0.05, 0.1) is 6.54 Å². The zero-order valence-corrected chi connectivity index (χ0v) is 18.7. The van der Waals surface area contributed by atoms with Gasteiger partial charge in [-0.05, 0) is 17.2 Å². The van der Waals surface area contributed by atoms with E-state index in [4.69, 9.17) is 0 Å². The molecule has 0 saturated carbocycles. The molecule has 0 radical (unpaired) electrons. The predicted octanol–water partition coefficient (Wildman–Crippen LogP) is 5.00. The monoisotopic (exact) mass is 475 g/mol. The van der Waals surface area contributed by atoms with Crippen LogP contribution in [0.1, 0.15) is 22.5 Å². The van der Waals surface area contributed by atoms with Crippen LogP contribution in [0.5, 0.6) is 0 Å². The molecule has 0 aliphatic heterocycles. The first-order chi connectivity index (χ1) is 16.5. The Morgan fingerprint density at radius 3 is 2.35 bits per heavy atom. The lowest BCUT2D eigenvalue weighted by atomic mass is 10.1. The molecular formula is C25H19F2N5OS. The van der Waals surface area contributed by atoms with Crippen LogP contribution < -0.4 is 5.56 Å². The van der Waals surface area contributed by atoms with Gasteiger partial charge in [0.1, 0.15) is 0 Å². The zero-order chi connectivity index (χ0) is 23.5. The molecule has 170 valence electrons. The number of nitrogens with zero attached hydrogens (tertiary/aromatic N) is 4. The van der Waals surface area contributed by atoms with Crippen molar-refractivity contribution in [1.82, 2.24) is 25.0 Å². The average molecular weight is 476 g/mol. The van der Waals surface area contributed by atoms with Crippen molar-refractivity contribution < 1.29 is 8.78 Å². The highest BCUT2D eigenvalue weighted by molar-refractivity contribution is 7.98. The Morgan fingerprint density at radius 2 is 1.59 bits per heavy atom. The molecule has 1 N–H and O–H groups in total. The summed E-state index contributed by atoms with van der Waals surface area (Å²) in [5, 5.41) is 7.94. The Bertz CT molecular complexity index is 1490. The zero-order valence-electron chi connectivity index (χ0n) is 17.9. The van der Waals surface area contributed by atoms with E-state index >= 15 is 8.78 Å². The minimum atomic E-state index is -3.48. The fourth-order valence-corrected chi connectivity index (χ4v) is 4.60. The molecule has 0 aliphatic rings. The molecule has 6 nitrogen and oxygen atoms in total. The lowest BCUT2D eigenvalue weighted by Crippen LogP contribution is -2.24. The summed E-state index contributed by atoms with van der Waals surface area (Å²) in [5.41, 5.74) is 1.04. The summed E-state index contributed by atoms with van der Waals surface area (Å²) in [4.78, 5) is 19.7. The van der Waals surface area contributed by atoms with Crippen molar-refractivity contribution in [3.05, 3.63) is 118 Å². The maximum atomic E-state index is 15.1. The van der Waals surface area contributed by atoms with Gasteiger partial charge in [-0.15, -0.1) is 16.9 Å². The average Bonchev–Trinajstić information content (AvgIpc) is 3.28. The van der Waals surface area contributed by atoms with Crippen LogP contribution in [0.2, 0.25) is 0 Å². The molecule has 0 amide bonds. The second-order valence-electron chi connectivity index (χ2n) is 7.66. The van der Waals surface area contributed by atoms with Gasteiger partial charge in [0, 0.05) is 16.2 Å². The first kappa shape index (κ1) is 22.0. The molecule has 0 saturated heterocycles. The summed E-state index contributed by atoms with van der Waals surface area (Å²) >= 11 is 1.67. The maximum absolute atomic E-state index is 15.1. The number of aromatic nitrogens is 5. The maximum Gasteiger partial charge on any atom is 0.330 e. The molecule has 9 heteroatoms. The van der Waals surface area contributed by atoms with Crippen LogP contribution in [0.25, 0.3) is 11.2 Å².